The number of nitrogens with zero attached hydrogens (tertiary/aromatic N) is 4. The van der Waals surface area contributed by atoms with Gasteiger partial charge in [0, 0.05) is 18.3 Å². The highest BCUT2D eigenvalue weighted by Gasteiger charge is 2.29. The quantitative estimate of drug-likeness (QED) is 0.637. The predicted octanol–water partition coefficient (Wildman–Crippen LogP) is 2.72. The number of methoxy groups -OCH3 is 1. The third kappa shape index (κ3) is 3.43. The number of rotatable bonds is 5. The lowest BCUT2D eigenvalue weighted by molar-refractivity contribution is 0.0599. The van der Waals surface area contributed by atoms with Gasteiger partial charge >= 0.3 is 5.97 Å². The minimum absolute atomic E-state index is 0.132. The number of esters is 1. The molecule has 4 rings (SSSR count). The van der Waals surface area contributed by atoms with Crippen LogP contribution in [0.5, 0.6) is 0 Å². The van der Waals surface area contributed by atoms with Crippen molar-refractivity contribution in [3.05, 3.63) is 75.9 Å². The summed E-state index contributed by atoms with van der Waals surface area (Å²) in [5.41, 5.74) is 2.61. The summed E-state index contributed by atoms with van der Waals surface area (Å²) in [5, 5.41) is 0. The molecule has 3 heterocycles. The van der Waals surface area contributed by atoms with E-state index in [-0.39, 0.29) is 5.56 Å². The molecule has 0 spiro atoms. The van der Waals surface area contributed by atoms with E-state index in [0.29, 0.717) is 40.7 Å². The van der Waals surface area contributed by atoms with Gasteiger partial charge < -0.3 is 4.74 Å². The van der Waals surface area contributed by atoms with Crippen molar-refractivity contribution in [1.29, 1.82) is 0 Å². The Hall–Kier alpha value is -3.35. The summed E-state index contributed by atoms with van der Waals surface area (Å²) in [6.45, 7) is 2.05. The normalized spacial score (nSPS) is 13.4. The molecular formula is C21H20N4O3. The fourth-order valence-corrected chi connectivity index (χ4v) is 3.21. The van der Waals surface area contributed by atoms with Crippen molar-refractivity contribution in [2.45, 2.75) is 32.2 Å². The second-order valence-electron chi connectivity index (χ2n) is 6.84. The average molecular weight is 376 g/mol. The molecule has 3 aromatic rings. The summed E-state index contributed by atoms with van der Waals surface area (Å²) in [4.78, 5) is 38.3. The molecule has 142 valence electrons. The van der Waals surface area contributed by atoms with Crippen molar-refractivity contribution in [3.63, 3.8) is 0 Å². The molecule has 0 unspecified atom stereocenters. The second-order valence-corrected chi connectivity index (χ2v) is 6.84. The van der Waals surface area contributed by atoms with Gasteiger partial charge in [-0.25, -0.2) is 9.78 Å². The summed E-state index contributed by atoms with van der Waals surface area (Å²) in [5.74, 6) is 0.660. The minimum Gasteiger partial charge on any atom is -0.465 e. The third-order valence-electron chi connectivity index (χ3n) is 4.83. The van der Waals surface area contributed by atoms with E-state index in [1.807, 2.05) is 12.1 Å². The molecule has 0 atom stereocenters. The van der Waals surface area contributed by atoms with E-state index >= 15 is 0 Å². The number of carbonyl (C=O) groups excluding carboxylic acids is 1. The van der Waals surface area contributed by atoms with Crippen LogP contribution in [0.2, 0.25) is 0 Å². The SMILES string of the molecule is COC(=O)c1ccc(Cn2c(C3CC3)ncc(-c3ccccn3)c2=O)nc1C. The van der Waals surface area contributed by atoms with E-state index < -0.39 is 5.97 Å². The highest BCUT2D eigenvalue weighted by atomic mass is 16.5. The van der Waals surface area contributed by atoms with Crippen LogP contribution in [-0.4, -0.2) is 32.6 Å². The van der Waals surface area contributed by atoms with E-state index in [0.717, 1.165) is 18.7 Å². The zero-order valence-corrected chi connectivity index (χ0v) is 15.8. The van der Waals surface area contributed by atoms with Crippen molar-refractivity contribution in [2.75, 3.05) is 7.11 Å². The van der Waals surface area contributed by atoms with Crippen LogP contribution in [0.15, 0.2) is 47.5 Å². The van der Waals surface area contributed by atoms with E-state index in [1.165, 1.54) is 7.11 Å². The fraction of sp³-hybridized carbons (Fsp3) is 0.286. The third-order valence-corrected chi connectivity index (χ3v) is 4.83. The van der Waals surface area contributed by atoms with Gasteiger partial charge in [0.2, 0.25) is 0 Å². The van der Waals surface area contributed by atoms with Crippen molar-refractivity contribution < 1.29 is 9.53 Å². The highest BCUT2D eigenvalue weighted by Crippen LogP contribution is 2.38. The Kier molecular flexibility index (Phi) is 4.73. The topological polar surface area (TPSA) is 87.0 Å². The van der Waals surface area contributed by atoms with Crippen LogP contribution < -0.4 is 5.56 Å². The first kappa shape index (κ1) is 18.0. The molecule has 3 aromatic heterocycles. The molecule has 0 aromatic carbocycles. The van der Waals surface area contributed by atoms with E-state index in [1.54, 1.807) is 42.1 Å². The molecule has 1 aliphatic carbocycles. The largest absolute Gasteiger partial charge is 0.465 e. The van der Waals surface area contributed by atoms with Gasteiger partial charge in [0.05, 0.1) is 41.9 Å². The summed E-state index contributed by atoms with van der Waals surface area (Å²) in [7, 11) is 1.34. The van der Waals surface area contributed by atoms with Gasteiger partial charge in [0.1, 0.15) is 5.82 Å². The average Bonchev–Trinajstić information content (AvgIpc) is 3.55. The molecule has 1 fully saturated rings. The Labute approximate surface area is 162 Å². The lowest BCUT2D eigenvalue weighted by Crippen LogP contribution is -2.27. The fourth-order valence-electron chi connectivity index (χ4n) is 3.21. The van der Waals surface area contributed by atoms with Crippen molar-refractivity contribution >= 4 is 5.97 Å². The van der Waals surface area contributed by atoms with Gasteiger partial charge in [-0.15, -0.1) is 0 Å². The number of pyridine rings is 2. The zero-order valence-electron chi connectivity index (χ0n) is 15.8. The smallest absolute Gasteiger partial charge is 0.339 e. The summed E-state index contributed by atoms with van der Waals surface area (Å²) < 4.78 is 6.45. The molecule has 0 bridgehead atoms. The first-order valence-corrected chi connectivity index (χ1v) is 9.14. The van der Waals surface area contributed by atoms with Crippen LogP contribution in [0.25, 0.3) is 11.3 Å². The Morgan fingerprint density at radius 2 is 2.04 bits per heavy atom. The van der Waals surface area contributed by atoms with E-state index in [4.69, 9.17) is 4.74 Å². The van der Waals surface area contributed by atoms with E-state index in [9.17, 15) is 9.59 Å². The maximum Gasteiger partial charge on any atom is 0.339 e. The molecule has 0 radical (unpaired) electrons. The molecule has 7 heteroatoms. The number of carbonyl (C=O) groups is 1. The Bertz CT molecular complexity index is 1090. The number of hydrogen-bond donors (Lipinski definition) is 0. The Balaban J connectivity index is 1.75. The molecule has 7 nitrogen and oxygen atoms in total. The van der Waals surface area contributed by atoms with Gasteiger partial charge in [0.15, 0.2) is 0 Å². The lowest BCUT2D eigenvalue weighted by atomic mass is 10.1. The van der Waals surface area contributed by atoms with Crippen LogP contribution in [0.3, 0.4) is 0 Å². The Morgan fingerprint density at radius 3 is 2.68 bits per heavy atom. The first-order chi connectivity index (χ1) is 13.6. The minimum atomic E-state index is -0.425. The number of ether oxygens (including phenoxy) is 1. The summed E-state index contributed by atoms with van der Waals surface area (Å²) in [6, 6.07) is 8.88. The van der Waals surface area contributed by atoms with Crippen LogP contribution >= 0.6 is 0 Å². The molecule has 28 heavy (non-hydrogen) atoms. The highest BCUT2D eigenvalue weighted by molar-refractivity contribution is 5.90. The zero-order chi connectivity index (χ0) is 19.7. The summed E-state index contributed by atoms with van der Waals surface area (Å²) >= 11 is 0. The Morgan fingerprint density at radius 1 is 1.21 bits per heavy atom. The molecule has 0 amide bonds. The van der Waals surface area contributed by atoms with E-state index in [2.05, 4.69) is 15.0 Å². The van der Waals surface area contributed by atoms with Crippen LogP contribution in [0.1, 0.15) is 46.3 Å². The van der Waals surface area contributed by atoms with Gasteiger partial charge in [-0.1, -0.05) is 6.07 Å². The van der Waals surface area contributed by atoms with Crippen molar-refractivity contribution in [3.8, 4) is 11.3 Å². The van der Waals surface area contributed by atoms with Crippen molar-refractivity contribution in [1.82, 2.24) is 19.5 Å². The van der Waals surface area contributed by atoms with Crippen LogP contribution in [0.4, 0.5) is 0 Å². The van der Waals surface area contributed by atoms with Crippen LogP contribution in [-0.2, 0) is 11.3 Å². The maximum atomic E-state index is 13.2. The number of aryl methyl sites for hydroxylation is 1. The standard InChI is InChI=1S/C21H20N4O3/c1-13-16(21(27)28-2)9-8-15(24-13)12-25-19(14-6-7-14)23-11-17(20(25)26)18-5-3-4-10-22-18/h3-5,8-11,14H,6-7,12H2,1-2H3. The first-order valence-electron chi connectivity index (χ1n) is 9.14. The molecule has 0 N–H and O–H groups in total. The molecule has 1 aliphatic rings. The van der Waals surface area contributed by atoms with Crippen LogP contribution in [0, 0.1) is 6.92 Å². The molecule has 0 saturated heterocycles. The molecule has 1 saturated carbocycles. The van der Waals surface area contributed by atoms with Gasteiger partial charge in [-0.2, -0.15) is 0 Å². The number of hydrogen-bond acceptors (Lipinski definition) is 6. The maximum absolute atomic E-state index is 13.2. The lowest BCUT2D eigenvalue weighted by Gasteiger charge is -2.14. The monoisotopic (exact) mass is 376 g/mol. The van der Waals surface area contributed by atoms with Gasteiger partial charge in [-0.05, 0) is 44.0 Å². The number of aromatic nitrogens is 4. The molecular weight excluding hydrogens is 356 g/mol. The predicted molar refractivity (Wildman–Crippen MR) is 103 cm³/mol. The van der Waals surface area contributed by atoms with Gasteiger partial charge in [-0.3, -0.25) is 19.3 Å². The summed E-state index contributed by atoms with van der Waals surface area (Å²) in [6.07, 6.45) is 5.34. The van der Waals surface area contributed by atoms with Gasteiger partial charge in [0.25, 0.3) is 5.56 Å². The second kappa shape index (κ2) is 7.34. The molecule has 0 aliphatic heterocycles. The van der Waals surface area contributed by atoms with Crippen molar-refractivity contribution in [2.24, 2.45) is 0 Å².